The van der Waals surface area contributed by atoms with E-state index in [0.29, 0.717) is 23.0 Å². The van der Waals surface area contributed by atoms with Crippen LogP contribution >= 0.6 is 0 Å². The molecule has 2 aromatic heterocycles. The van der Waals surface area contributed by atoms with Gasteiger partial charge in [0.25, 0.3) is 0 Å². The summed E-state index contributed by atoms with van der Waals surface area (Å²) in [5.41, 5.74) is 11.3. The van der Waals surface area contributed by atoms with Crippen molar-refractivity contribution < 1.29 is 0 Å². The molecule has 0 radical (unpaired) electrons. The fourth-order valence-electron chi connectivity index (χ4n) is 6.30. The van der Waals surface area contributed by atoms with E-state index in [4.69, 9.17) is 11.4 Å². The van der Waals surface area contributed by atoms with Crippen LogP contribution in [0.5, 0.6) is 0 Å². The van der Waals surface area contributed by atoms with E-state index in [2.05, 4.69) is 137 Å². The maximum absolute atomic E-state index is 6.05. The van der Waals surface area contributed by atoms with Gasteiger partial charge in [0.05, 0.1) is 16.8 Å². The molecule has 0 aliphatic heterocycles. The highest BCUT2D eigenvalue weighted by Gasteiger charge is 2.20. The van der Waals surface area contributed by atoms with Gasteiger partial charge in [-0.05, 0) is 74.4 Å². The number of para-hydroxylation sites is 2. The van der Waals surface area contributed by atoms with E-state index in [9.17, 15) is 0 Å². The number of allylic oxidation sites excluding steroid dienone is 9. The molecule has 0 unspecified atom stereocenters. The Kier molecular flexibility index (Phi) is 7.68. The Hall–Kier alpha value is -5.53. The van der Waals surface area contributed by atoms with Crippen LogP contribution in [0, 0.1) is 19.3 Å². The largest absolute Gasteiger partial charge is 0.312 e. The summed E-state index contributed by atoms with van der Waals surface area (Å²) in [7, 11) is 0. The smallest absolute Gasteiger partial charge is 0.172 e. The number of benzene rings is 3. The number of hydrogen-bond acceptors (Lipinski definition) is 3. The second-order valence-electron chi connectivity index (χ2n) is 11.5. The molecule has 0 saturated carbocycles. The lowest BCUT2D eigenvalue weighted by Crippen LogP contribution is -2.05. The van der Waals surface area contributed by atoms with Crippen molar-refractivity contribution >= 4 is 33.7 Å². The quantitative estimate of drug-likeness (QED) is 0.148. The van der Waals surface area contributed by atoms with Gasteiger partial charge in [0, 0.05) is 27.8 Å². The molecule has 218 valence electrons. The summed E-state index contributed by atoms with van der Waals surface area (Å²) in [6.45, 7) is 4.01. The minimum Gasteiger partial charge on any atom is -0.312 e. The van der Waals surface area contributed by atoms with E-state index in [1.165, 1.54) is 33.3 Å². The molecule has 5 aromatic rings. The van der Waals surface area contributed by atoms with Gasteiger partial charge >= 0.3 is 0 Å². The van der Waals surface area contributed by atoms with Crippen LogP contribution < -0.4 is 0 Å². The van der Waals surface area contributed by atoms with Crippen LogP contribution in [0.15, 0.2) is 109 Å². The van der Waals surface area contributed by atoms with Gasteiger partial charge in [-0.3, -0.25) is 0 Å². The Labute approximate surface area is 264 Å². The van der Waals surface area contributed by atoms with Gasteiger partial charge in [-0.25, -0.2) is 15.0 Å². The molecule has 7 rings (SSSR count). The zero-order chi connectivity index (χ0) is 30.8. The van der Waals surface area contributed by atoms with Gasteiger partial charge in [0.1, 0.15) is 5.82 Å². The average Bonchev–Trinajstić information content (AvgIpc) is 3.43. The van der Waals surface area contributed by atoms with Crippen molar-refractivity contribution in [2.75, 3.05) is 0 Å². The highest BCUT2D eigenvalue weighted by molar-refractivity contribution is 5.94. The predicted octanol–water partition coefficient (Wildman–Crippen LogP) is 9.60. The molecule has 2 aliphatic carbocycles. The predicted molar refractivity (Wildman–Crippen MR) is 187 cm³/mol. The van der Waals surface area contributed by atoms with E-state index in [1.807, 2.05) is 13.0 Å². The second kappa shape index (κ2) is 12.2. The maximum Gasteiger partial charge on any atom is 0.172 e. The first kappa shape index (κ1) is 28.3. The maximum atomic E-state index is 6.05. The summed E-state index contributed by atoms with van der Waals surface area (Å²) in [5, 5.41) is 1.29. The normalized spacial score (nSPS) is 14.7. The van der Waals surface area contributed by atoms with Crippen molar-refractivity contribution in [3.05, 3.63) is 143 Å². The molecule has 3 aromatic carbocycles. The number of fused-ring (bicyclic) bond motifs is 3. The fourth-order valence-corrected chi connectivity index (χ4v) is 6.30. The summed E-state index contributed by atoms with van der Waals surface area (Å²) in [4.78, 5) is 14.1. The van der Waals surface area contributed by atoms with Gasteiger partial charge in [-0.1, -0.05) is 103 Å². The Morgan fingerprint density at radius 1 is 0.822 bits per heavy atom. The molecule has 0 atom stereocenters. The van der Waals surface area contributed by atoms with Crippen LogP contribution in [0.4, 0.5) is 0 Å². The highest BCUT2D eigenvalue weighted by Crippen LogP contribution is 2.36. The minimum absolute atomic E-state index is 0.497. The van der Waals surface area contributed by atoms with E-state index < -0.39 is 0 Å². The van der Waals surface area contributed by atoms with Gasteiger partial charge in [-0.2, -0.15) is 0 Å². The molecule has 0 N–H and O–H groups in total. The molecule has 0 saturated heterocycles. The van der Waals surface area contributed by atoms with Crippen LogP contribution in [-0.2, 0) is 6.42 Å². The van der Waals surface area contributed by atoms with Crippen molar-refractivity contribution in [1.82, 2.24) is 19.5 Å². The van der Waals surface area contributed by atoms with Gasteiger partial charge < -0.3 is 4.57 Å². The highest BCUT2D eigenvalue weighted by atomic mass is 15.0. The molecule has 45 heavy (non-hydrogen) atoms. The van der Waals surface area contributed by atoms with Crippen molar-refractivity contribution in [2.24, 2.45) is 0 Å². The number of nitrogens with zero attached hydrogens (tertiary/aromatic N) is 4. The molecule has 0 amide bonds. The Morgan fingerprint density at radius 3 is 2.42 bits per heavy atom. The zero-order valence-electron chi connectivity index (χ0n) is 25.7. The molecule has 4 heteroatoms. The Balaban J connectivity index is 1.24. The molecule has 2 aliphatic rings. The Morgan fingerprint density at radius 2 is 1.60 bits per heavy atom. The third-order valence-electron chi connectivity index (χ3n) is 8.53. The summed E-state index contributed by atoms with van der Waals surface area (Å²) in [6.07, 6.45) is 25.5. The zero-order valence-corrected chi connectivity index (χ0v) is 25.7. The van der Waals surface area contributed by atoms with E-state index in [1.54, 1.807) is 0 Å². The number of terminal acetylenes is 1. The van der Waals surface area contributed by atoms with Crippen molar-refractivity contribution in [3.8, 4) is 29.4 Å². The lowest BCUT2D eigenvalue weighted by atomic mass is 9.98. The number of rotatable bonds is 6. The van der Waals surface area contributed by atoms with Gasteiger partial charge in [0.2, 0.25) is 0 Å². The SMILES string of the molecule is C#C/C(=C\C=C(/C)c1ccccc1-n1c2c(c3ccccc31)C=CCC2)c1nc(C)nc(-c2ccc(C3=CCCC=C3)cc2)n1. The number of aryl methyl sites for hydroxylation is 1. The molecule has 0 spiro atoms. The van der Waals surface area contributed by atoms with Crippen molar-refractivity contribution in [1.29, 1.82) is 0 Å². The lowest BCUT2D eigenvalue weighted by Gasteiger charge is -2.17. The minimum atomic E-state index is 0.497. The van der Waals surface area contributed by atoms with Crippen molar-refractivity contribution in [2.45, 2.75) is 39.5 Å². The third-order valence-corrected chi connectivity index (χ3v) is 8.53. The third kappa shape index (κ3) is 5.50. The van der Waals surface area contributed by atoms with Crippen LogP contribution in [-0.4, -0.2) is 19.5 Å². The van der Waals surface area contributed by atoms with Crippen LogP contribution in [0.3, 0.4) is 0 Å². The van der Waals surface area contributed by atoms with Crippen LogP contribution in [0.25, 0.3) is 50.8 Å². The van der Waals surface area contributed by atoms with Crippen molar-refractivity contribution in [3.63, 3.8) is 0 Å². The fraction of sp³-hybridized carbons (Fsp3) is 0.146. The first-order valence-electron chi connectivity index (χ1n) is 15.5. The molecule has 0 bridgehead atoms. The van der Waals surface area contributed by atoms with E-state index in [0.717, 1.165) is 48.1 Å². The summed E-state index contributed by atoms with van der Waals surface area (Å²) in [5.74, 6) is 4.56. The summed E-state index contributed by atoms with van der Waals surface area (Å²) < 4.78 is 2.43. The molecule has 2 heterocycles. The van der Waals surface area contributed by atoms with E-state index >= 15 is 0 Å². The topological polar surface area (TPSA) is 43.6 Å². The second-order valence-corrected chi connectivity index (χ2v) is 11.5. The lowest BCUT2D eigenvalue weighted by molar-refractivity contribution is 0.887. The molecular formula is C41H34N4. The summed E-state index contributed by atoms with van der Waals surface area (Å²) >= 11 is 0. The standard InChI is InChI=1S/C41H34N4/c1-4-30(40-42-29(3)43-41(44-40)33-26-24-32(25-27-33)31-14-6-5-7-15-31)23-22-28(2)34-16-8-11-19-37(34)45-38-20-12-9-17-35(38)36-18-10-13-21-39(36)45/h1,6,8-12,14-20,22-27H,5,7,13,21H2,2-3H3/b28-22+,30-23+. The number of hydrogen-bond donors (Lipinski definition) is 0. The molecular weight excluding hydrogens is 548 g/mol. The van der Waals surface area contributed by atoms with Crippen LogP contribution in [0.2, 0.25) is 0 Å². The first-order chi connectivity index (χ1) is 22.1. The van der Waals surface area contributed by atoms with Crippen LogP contribution in [0.1, 0.15) is 60.2 Å². The average molecular weight is 583 g/mol. The van der Waals surface area contributed by atoms with E-state index in [-0.39, 0.29) is 0 Å². The number of aromatic nitrogens is 4. The molecule has 0 fully saturated rings. The summed E-state index contributed by atoms with van der Waals surface area (Å²) in [6, 6.07) is 25.6. The monoisotopic (exact) mass is 582 g/mol. The first-order valence-corrected chi connectivity index (χ1v) is 15.5. The van der Waals surface area contributed by atoms with Gasteiger partial charge in [0.15, 0.2) is 11.6 Å². The Bertz CT molecular complexity index is 2120. The molecule has 4 nitrogen and oxygen atoms in total. The van der Waals surface area contributed by atoms with Gasteiger partial charge in [-0.15, -0.1) is 6.42 Å².